The van der Waals surface area contributed by atoms with Gasteiger partial charge in [-0.3, -0.25) is 4.79 Å². The van der Waals surface area contributed by atoms with Crippen LogP contribution < -0.4 is 5.73 Å². The molecule has 0 aromatic carbocycles. The van der Waals surface area contributed by atoms with Gasteiger partial charge in [-0.2, -0.15) is 0 Å². The highest BCUT2D eigenvalue weighted by Gasteiger charge is 2.41. The highest BCUT2D eigenvalue weighted by molar-refractivity contribution is 7.15. The third-order valence-electron chi connectivity index (χ3n) is 3.37. The van der Waals surface area contributed by atoms with Crippen LogP contribution in [0.5, 0.6) is 0 Å². The normalized spacial score (nSPS) is 27.9. The van der Waals surface area contributed by atoms with E-state index in [0.29, 0.717) is 11.0 Å². The first-order valence-corrected chi connectivity index (χ1v) is 6.01. The fourth-order valence-corrected chi connectivity index (χ4v) is 3.77. The largest absolute Gasteiger partial charge is 0.375 e. The van der Waals surface area contributed by atoms with Crippen molar-refractivity contribution in [2.75, 3.05) is 12.3 Å². The van der Waals surface area contributed by atoms with Crippen LogP contribution in [0.2, 0.25) is 0 Å². The summed E-state index contributed by atoms with van der Waals surface area (Å²) in [5, 5.41) is 0.641. The quantitative estimate of drug-likeness (QED) is 0.725. The van der Waals surface area contributed by atoms with Gasteiger partial charge in [0.15, 0.2) is 5.13 Å². The monoisotopic (exact) mass is 223 g/mol. The number of carbonyl (C=O) groups excluding carboxylic acids is 1. The number of nitrogens with two attached hydrogens (primary N) is 1. The van der Waals surface area contributed by atoms with Crippen LogP contribution in [0.15, 0.2) is 0 Å². The number of thiazole rings is 1. The summed E-state index contributed by atoms with van der Waals surface area (Å²) in [5.41, 5.74) is 6.89. The molecule has 3 heterocycles. The van der Waals surface area contributed by atoms with E-state index in [1.54, 1.807) is 18.3 Å². The second-order valence-corrected chi connectivity index (χ2v) is 5.33. The molecule has 0 spiro atoms. The van der Waals surface area contributed by atoms with Crippen molar-refractivity contribution < 1.29 is 4.79 Å². The molecule has 2 unspecified atom stereocenters. The second kappa shape index (κ2) is 2.95. The molecular formula is C10H13N3OS. The van der Waals surface area contributed by atoms with E-state index in [1.165, 1.54) is 4.88 Å². The van der Waals surface area contributed by atoms with Gasteiger partial charge in [0.25, 0.3) is 0 Å². The van der Waals surface area contributed by atoms with Crippen LogP contribution in [0.3, 0.4) is 0 Å². The Hall–Kier alpha value is -1.10. The first-order valence-electron chi connectivity index (χ1n) is 5.20. The van der Waals surface area contributed by atoms with Crippen molar-refractivity contribution in [2.45, 2.75) is 31.7 Å². The number of hydrogen-bond donors (Lipinski definition) is 1. The van der Waals surface area contributed by atoms with E-state index in [0.717, 1.165) is 25.1 Å². The second-order valence-electron chi connectivity index (χ2n) is 4.26. The third kappa shape index (κ3) is 1.19. The highest BCUT2D eigenvalue weighted by atomic mass is 32.1. The molecule has 1 aromatic rings. The van der Waals surface area contributed by atoms with Crippen molar-refractivity contribution in [1.82, 2.24) is 9.88 Å². The fraction of sp³-hybridized carbons (Fsp3) is 0.600. The molecule has 15 heavy (non-hydrogen) atoms. The first kappa shape index (κ1) is 9.15. The molecule has 80 valence electrons. The van der Waals surface area contributed by atoms with Crippen LogP contribution in [0.4, 0.5) is 5.13 Å². The lowest BCUT2D eigenvalue weighted by atomic mass is 9.82. The van der Waals surface area contributed by atoms with Crippen molar-refractivity contribution in [3.05, 3.63) is 10.6 Å². The number of aromatic nitrogens is 1. The third-order valence-corrected chi connectivity index (χ3v) is 4.37. The van der Waals surface area contributed by atoms with Gasteiger partial charge in [-0.15, -0.1) is 0 Å². The number of fused-ring (bicyclic) bond motifs is 2. The van der Waals surface area contributed by atoms with E-state index in [-0.39, 0.29) is 11.9 Å². The first-order chi connectivity index (χ1) is 7.16. The molecule has 5 heteroatoms. The minimum atomic E-state index is 0.169. The van der Waals surface area contributed by atoms with Gasteiger partial charge in [-0.25, -0.2) is 4.98 Å². The van der Waals surface area contributed by atoms with Gasteiger partial charge in [-0.1, -0.05) is 11.3 Å². The zero-order valence-electron chi connectivity index (χ0n) is 8.56. The number of amides is 1. The molecule has 1 fully saturated rings. The highest BCUT2D eigenvalue weighted by Crippen LogP contribution is 2.49. The molecule has 2 N–H and O–H groups in total. The smallest absolute Gasteiger partial charge is 0.220 e. The average molecular weight is 223 g/mol. The molecule has 0 radical (unpaired) electrons. The van der Waals surface area contributed by atoms with Gasteiger partial charge in [0.2, 0.25) is 5.91 Å². The lowest BCUT2D eigenvalue weighted by Crippen LogP contribution is -2.44. The van der Waals surface area contributed by atoms with E-state index in [2.05, 4.69) is 4.98 Å². The Labute approximate surface area is 92.1 Å². The lowest BCUT2D eigenvalue weighted by molar-refractivity contribution is -0.133. The van der Waals surface area contributed by atoms with E-state index in [9.17, 15) is 4.79 Å². The molecule has 3 aliphatic rings. The average Bonchev–Trinajstić information content (AvgIpc) is 2.61. The number of anilines is 1. The van der Waals surface area contributed by atoms with Crippen molar-refractivity contribution in [3.63, 3.8) is 0 Å². The summed E-state index contributed by atoms with van der Waals surface area (Å²) in [6.45, 7) is 2.47. The Bertz CT molecular complexity index is 428. The maximum Gasteiger partial charge on any atom is 0.220 e. The number of hydrogen-bond acceptors (Lipinski definition) is 4. The summed E-state index contributed by atoms with van der Waals surface area (Å²) in [6, 6.07) is 0.247. The Morgan fingerprint density at radius 1 is 1.60 bits per heavy atom. The van der Waals surface area contributed by atoms with Crippen LogP contribution >= 0.6 is 11.3 Å². The molecule has 4 rings (SSSR count). The fourth-order valence-electron chi connectivity index (χ4n) is 2.71. The Kier molecular flexibility index (Phi) is 1.80. The van der Waals surface area contributed by atoms with E-state index >= 15 is 0 Å². The Morgan fingerprint density at radius 3 is 3.13 bits per heavy atom. The molecule has 1 saturated heterocycles. The molecule has 1 aromatic heterocycles. The summed E-state index contributed by atoms with van der Waals surface area (Å²) in [5.74, 6) is 0.588. The number of rotatable bonds is 0. The number of piperidine rings is 1. The summed E-state index contributed by atoms with van der Waals surface area (Å²) in [4.78, 5) is 19.1. The molecule has 4 nitrogen and oxygen atoms in total. The lowest BCUT2D eigenvalue weighted by Gasteiger charge is -2.43. The summed E-state index contributed by atoms with van der Waals surface area (Å²) in [6.07, 6.45) is 2.21. The summed E-state index contributed by atoms with van der Waals surface area (Å²) in [7, 11) is 0. The SMILES string of the molecule is CC(=O)N1CC2CCC1c1sc(N)nc12. The van der Waals surface area contributed by atoms with Crippen LogP contribution in [0.1, 0.15) is 42.3 Å². The van der Waals surface area contributed by atoms with Gasteiger partial charge in [-0.05, 0) is 12.8 Å². The van der Waals surface area contributed by atoms with E-state index in [4.69, 9.17) is 5.73 Å². The minimum Gasteiger partial charge on any atom is -0.375 e. The van der Waals surface area contributed by atoms with Gasteiger partial charge in [0, 0.05) is 19.4 Å². The molecule has 2 bridgehead atoms. The topological polar surface area (TPSA) is 59.2 Å². The summed E-state index contributed by atoms with van der Waals surface area (Å²) < 4.78 is 0. The van der Waals surface area contributed by atoms with Gasteiger partial charge in [0.1, 0.15) is 0 Å². The Morgan fingerprint density at radius 2 is 2.40 bits per heavy atom. The maximum atomic E-state index is 11.5. The maximum absolute atomic E-state index is 11.5. The molecule has 2 atom stereocenters. The molecule has 2 aliphatic heterocycles. The van der Waals surface area contributed by atoms with Crippen molar-refractivity contribution in [3.8, 4) is 0 Å². The number of nitrogens with zero attached hydrogens (tertiary/aromatic N) is 2. The molecular weight excluding hydrogens is 210 g/mol. The molecule has 1 amide bonds. The number of nitrogen functional groups attached to an aromatic ring is 1. The van der Waals surface area contributed by atoms with E-state index in [1.807, 2.05) is 4.90 Å². The predicted molar refractivity (Wildman–Crippen MR) is 58.6 cm³/mol. The van der Waals surface area contributed by atoms with Crippen LogP contribution in [0, 0.1) is 0 Å². The van der Waals surface area contributed by atoms with Gasteiger partial charge in [0.05, 0.1) is 16.6 Å². The van der Waals surface area contributed by atoms with Gasteiger partial charge < -0.3 is 10.6 Å². The van der Waals surface area contributed by atoms with Crippen molar-refractivity contribution in [1.29, 1.82) is 0 Å². The van der Waals surface area contributed by atoms with Gasteiger partial charge >= 0.3 is 0 Å². The van der Waals surface area contributed by atoms with Crippen molar-refractivity contribution >= 4 is 22.4 Å². The molecule has 1 aliphatic carbocycles. The standard InChI is InChI=1S/C10H13N3OS/c1-5(14)13-4-6-2-3-7(13)9-8(6)12-10(11)15-9/h6-7H,2-4H2,1H3,(H2,11,12). The zero-order chi connectivity index (χ0) is 10.6. The Balaban J connectivity index is 2.08. The van der Waals surface area contributed by atoms with E-state index < -0.39 is 0 Å². The van der Waals surface area contributed by atoms with Crippen LogP contribution in [-0.2, 0) is 4.79 Å². The van der Waals surface area contributed by atoms with Crippen molar-refractivity contribution in [2.24, 2.45) is 0 Å². The summed E-state index contributed by atoms with van der Waals surface area (Å²) >= 11 is 1.55. The van der Waals surface area contributed by atoms with Crippen LogP contribution in [0.25, 0.3) is 0 Å². The predicted octanol–water partition coefficient (Wildman–Crippen LogP) is 1.51. The number of carbonyl (C=O) groups is 1. The van der Waals surface area contributed by atoms with Crippen LogP contribution in [-0.4, -0.2) is 22.3 Å². The minimum absolute atomic E-state index is 0.169. The molecule has 0 saturated carbocycles. The zero-order valence-corrected chi connectivity index (χ0v) is 9.38.